The van der Waals surface area contributed by atoms with Crippen molar-refractivity contribution in [1.29, 1.82) is 0 Å². The lowest BCUT2D eigenvalue weighted by molar-refractivity contribution is -0.384. The number of benzene rings is 1. The lowest BCUT2D eigenvalue weighted by Gasteiger charge is -2.15. The molecular formula is C14H19N3O3. The zero-order chi connectivity index (χ0) is 14.7. The van der Waals surface area contributed by atoms with Crippen LogP contribution >= 0.6 is 0 Å². The van der Waals surface area contributed by atoms with Crippen molar-refractivity contribution < 1.29 is 10.0 Å². The van der Waals surface area contributed by atoms with Gasteiger partial charge in [-0.25, -0.2) is 4.98 Å². The standard InChI is InChI=1S/C14H19N3O3/c1-3-10(2)16-13-7-6-11(17(19)20)9-12(13)15-14(16)5-4-8-18/h6-7,9-10,18H,3-5,8H2,1-2H3/t10-/m1/s1. The topological polar surface area (TPSA) is 81.2 Å². The third-order valence-electron chi connectivity index (χ3n) is 3.55. The molecule has 0 amide bonds. The summed E-state index contributed by atoms with van der Waals surface area (Å²) in [5, 5.41) is 19.8. The van der Waals surface area contributed by atoms with Crippen molar-refractivity contribution in [2.24, 2.45) is 0 Å². The fraction of sp³-hybridized carbons (Fsp3) is 0.500. The summed E-state index contributed by atoms with van der Waals surface area (Å²) in [6.07, 6.45) is 2.26. The second-order valence-electron chi connectivity index (χ2n) is 4.91. The van der Waals surface area contributed by atoms with Crippen LogP contribution in [0.2, 0.25) is 0 Å². The summed E-state index contributed by atoms with van der Waals surface area (Å²) in [4.78, 5) is 14.9. The van der Waals surface area contributed by atoms with Gasteiger partial charge in [0.1, 0.15) is 5.82 Å². The Labute approximate surface area is 117 Å². The molecule has 6 heteroatoms. The number of imidazole rings is 1. The first-order valence-electron chi connectivity index (χ1n) is 6.84. The molecule has 1 atom stereocenters. The molecule has 2 rings (SSSR count). The average Bonchev–Trinajstić information content (AvgIpc) is 2.81. The molecule has 1 N–H and O–H groups in total. The van der Waals surface area contributed by atoms with Gasteiger partial charge in [0.2, 0.25) is 0 Å². The molecule has 1 aromatic carbocycles. The lowest BCUT2D eigenvalue weighted by atomic mass is 10.2. The Balaban J connectivity index is 2.55. The SMILES string of the molecule is CC[C@@H](C)n1c(CCCO)nc2cc([N+](=O)[O-])ccc21. The van der Waals surface area contributed by atoms with E-state index in [9.17, 15) is 10.1 Å². The van der Waals surface area contributed by atoms with E-state index < -0.39 is 4.92 Å². The summed E-state index contributed by atoms with van der Waals surface area (Å²) in [5.74, 6) is 0.879. The summed E-state index contributed by atoms with van der Waals surface area (Å²) in [6.45, 7) is 4.31. The molecule has 0 saturated heterocycles. The molecule has 6 nitrogen and oxygen atoms in total. The van der Waals surface area contributed by atoms with E-state index >= 15 is 0 Å². The van der Waals surface area contributed by atoms with Crippen LogP contribution in [0.15, 0.2) is 18.2 Å². The molecule has 20 heavy (non-hydrogen) atoms. The van der Waals surface area contributed by atoms with Crippen LogP contribution in [0, 0.1) is 10.1 Å². The van der Waals surface area contributed by atoms with E-state index in [1.807, 2.05) is 0 Å². The zero-order valence-electron chi connectivity index (χ0n) is 11.7. The molecule has 0 unspecified atom stereocenters. The number of aryl methyl sites for hydroxylation is 1. The molecule has 0 bridgehead atoms. The minimum Gasteiger partial charge on any atom is -0.396 e. The first-order chi connectivity index (χ1) is 9.58. The Morgan fingerprint density at radius 3 is 2.85 bits per heavy atom. The molecule has 0 spiro atoms. The number of nitro groups is 1. The Bertz CT molecular complexity index is 621. The third-order valence-corrected chi connectivity index (χ3v) is 3.55. The second-order valence-corrected chi connectivity index (χ2v) is 4.91. The van der Waals surface area contributed by atoms with Gasteiger partial charge >= 0.3 is 0 Å². The first kappa shape index (κ1) is 14.5. The van der Waals surface area contributed by atoms with E-state index in [1.165, 1.54) is 12.1 Å². The van der Waals surface area contributed by atoms with Gasteiger partial charge in [-0.2, -0.15) is 0 Å². The van der Waals surface area contributed by atoms with Gasteiger partial charge in [-0.3, -0.25) is 10.1 Å². The largest absolute Gasteiger partial charge is 0.396 e. The number of hydrogen-bond acceptors (Lipinski definition) is 4. The van der Waals surface area contributed by atoms with Crippen LogP contribution in [-0.4, -0.2) is 26.2 Å². The third kappa shape index (κ3) is 2.65. The van der Waals surface area contributed by atoms with Crippen LogP contribution in [0.25, 0.3) is 11.0 Å². The van der Waals surface area contributed by atoms with Gasteiger partial charge in [-0.1, -0.05) is 6.92 Å². The number of hydrogen-bond donors (Lipinski definition) is 1. The number of rotatable bonds is 6. The summed E-state index contributed by atoms with van der Waals surface area (Å²) in [6, 6.07) is 5.06. The molecule has 0 aliphatic heterocycles. The Kier molecular flexibility index (Phi) is 4.34. The lowest BCUT2D eigenvalue weighted by Crippen LogP contribution is -2.09. The van der Waals surface area contributed by atoms with E-state index in [0.29, 0.717) is 18.4 Å². The predicted molar refractivity (Wildman–Crippen MR) is 76.8 cm³/mol. The maximum atomic E-state index is 10.8. The number of aliphatic hydroxyl groups excluding tert-OH is 1. The van der Waals surface area contributed by atoms with Gasteiger partial charge in [0.25, 0.3) is 5.69 Å². The summed E-state index contributed by atoms with van der Waals surface area (Å²) < 4.78 is 2.12. The maximum absolute atomic E-state index is 10.8. The Morgan fingerprint density at radius 1 is 1.50 bits per heavy atom. The molecule has 0 aliphatic rings. The van der Waals surface area contributed by atoms with Crippen molar-refractivity contribution in [2.75, 3.05) is 6.61 Å². The smallest absolute Gasteiger partial charge is 0.271 e. The van der Waals surface area contributed by atoms with Gasteiger partial charge in [0.15, 0.2) is 0 Å². The summed E-state index contributed by atoms with van der Waals surface area (Å²) in [5.41, 5.74) is 1.62. The summed E-state index contributed by atoms with van der Waals surface area (Å²) >= 11 is 0. The van der Waals surface area contributed by atoms with E-state index in [1.54, 1.807) is 6.07 Å². The van der Waals surface area contributed by atoms with E-state index in [2.05, 4.69) is 23.4 Å². The van der Waals surface area contributed by atoms with E-state index in [0.717, 1.165) is 17.8 Å². The number of nitro benzene ring substituents is 1. The average molecular weight is 277 g/mol. The number of aromatic nitrogens is 2. The van der Waals surface area contributed by atoms with Crippen LogP contribution in [-0.2, 0) is 6.42 Å². The highest BCUT2D eigenvalue weighted by molar-refractivity contribution is 5.79. The fourth-order valence-electron chi connectivity index (χ4n) is 2.34. The molecule has 108 valence electrons. The van der Waals surface area contributed by atoms with Crippen LogP contribution < -0.4 is 0 Å². The summed E-state index contributed by atoms with van der Waals surface area (Å²) in [7, 11) is 0. The Morgan fingerprint density at radius 2 is 2.25 bits per heavy atom. The molecule has 0 fully saturated rings. The normalized spacial score (nSPS) is 12.8. The first-order valence-corrected chi connectivity index (χ1v) is 6.84. The monoisotopic (exact) mass is 277 g/mol. The van der Waals surface area contributed by atoms with Crippen molar-refractivity contribution >= 4 is 16.7 Å². The number of fused-ring (bicyclic) bond motifs is 1. The second kappa shape index (κ2) is 6.00. The highest BCUT2D eigenvalue weighted by Crippen LogP contribution is 2.26. The van der Waals surface area contributed by atoms with Crippen molar-refractivity contribution in [1.82, 2.24) is 9.55 Å². The molecule has 1 heterocycles. The number of nitrogens with zero attached hydrogens (tertiary/aromatic N) is 3. The Hall–Kier alpha value is -1.95. The molecule has 0 radical (unpaired) electrons. The minimum absolute atomic E-state index is 0.0556. The maximum Gasteiger partial charge on any atom is 0.271 e. The molecule has 0 aliphatic carbocycles. The van der Waals surface area contributed by atoms with Gasteiger partial charge in [-0.05, 0) is 25.8 Å². The quantitative estimate of drug-likeness (QED) is 0.650. The van der Waals surface area contributed by atoms with Crippen LogP contribution in [0.4, 0.5) is 5.69 Å². The van der Waals surface area contributed by atoms with E-state index in [-0.39, 0.29) is 18.3 Å². The molecule has 1 aromatic heterocycles. The van der Waals surface area contributed by atoms with Crippen LogP contribution in [0.3, 0.4) is 0 Å². The molecule has 2 aromatic rings. The van der Waals surface area contributed by atoms with Crippen molar-refractivity contribution in [3.8, 4) is 0 Å². The van der Waals surface area contributed by atoms with Crippen molar-refractivity contribution in [3.63, 3.8) is 0 Å². The van der Waals surface area contributed by atoms with Crippen molar-refractivity contribution in [3.05, 3.63) is 34.1 Å². The zero-order valence-corrected chi connectivity index (χ0v) is 11.7. The predicted octanol–water partition coefficient (Wildman–Crippen LogP) is 2.84. The van der Waals surface area contributed by atoms with Gasteiger partial charge < -0.3 is 9.67 Å². The van der Waals surface area contributed by atoms with Crippen molar-refractivity contribution in [2.45, 2.75) is 39.2 Å². The number of non-ortho nitro benzene ring substituents is 1. The number of aliphatic hydroxyl groups is 1. The van der Waals surface area contributed by atoms with E-state index in [4.69, 9.17) is 5.11 Å². The highest BCUT2D eigenvalue weighted by Gasteiger charge is 2.17. The van der Waals surface area contributed by atoms with Gasteiger partial charge in [-0.15, -0.1) is 0 Å². The highest BCUT2D eigenvalue weighted by atomic mass is 16.6. The van der Waals surface area contributed by atoms with Crippen LogP contribution in [0.1, 0.15) is 38.6 Å². The van der Waals surface area contributed by atoms with Gasteiger partial charge in [0, 0.05) is 31.2 Å². The minimum atomic E-state index is -0.408. The molecular weight excluding hydrogens is 258 g/mol. The van der Waals surface area contributed by atoms with Gasteiger partial charge in [0.05, 0.1) is 16.0 Å². The fourth-order valence-corrected chi connectivity index (χ4v) is 2.34. The molecule has 0 saturated carbocycles. The van der Waals surface area contributed by atoms with Crippen LogP contribution in [0.5, 0.6) is 0 Å².